The normalized spacial score (nSPS) is 12.7. The molecule has 1 N–H and O–H groups in total. The van der Waals surface area contributed by atoms with E-state index in [4.69, 9.17) is 5.11 Å². The Morgan fingerprint density at radius 2 is 2.00 bits per heavy atom. The van der Waals surface area contributed by atoms with E-state index in [9.17, 15) is 9.00 Å². The molecule has 94 valence electrons. The summed E-state index contributed by atoms with van der Waals surface area (Å²) >= 11 is 3.28. The third-order valence-electron chi connectivity index (χ3n) is 2.60. The van der Waals surface area contributed by atoms with Gasteiger partial charge in [-0.1, -0.05) is 29.8 Å². The second kappa shape index (κ2) is 6.31. The number of rotatable bonds is 5. The number of aromatic carboxylic acids is 1. The molecule has 1 atom stereocenters. The van der Waals surface area contributed by atoms with E-state index in [1.54, 1.807) is 12.1 Å². The zero-order valence-corrected chi connectivity index (χ0v) is 12.2. The number of carboxylic acids is 1. The average molecular weight is 319 g/mol. The summed E-state index contributed by atoms with van der Waals surface area (Å²) < 4.78 is 13.1. The van der Waals surface area contributed by atoms with Crippen molar-refractivity contribution >= 4 is 32.7 Å². The van der Waals surface area contributed by atoms with Crippen LogP contribution in [0.2, 0.25) is 0 Å². The Labute approximate surface area is 112 Å². The van der Waals surface area contributed by atoms with E-state index in [2.05, 4.69) is 15.9 Å². The first-order valence-corrected chi connectivity index (χ1v) is 7.45. The van der Waals surface area contributed by atoms with Crippen LogP contribution in [-0.4, -0.2) is 20.5 Å². The highest BCUT2D eigenvalue weighted by Gasteiger charge is 2.21. The molecule has 1 aromatic carbocycles. The second-order valence-corrected chi connectivity index (χ2v) is 6.30. The Morgan fingerprint density at radius 3 is 2.47 bits per heavy atom. The predicted molar refractivity (Wildman–Crippen MR) is 71.9 cm³/mol. The van der Waals surface area contributed by atoms with Crippen molar-refractivity contribution in [3.63, 3.8) is 0 Å². The van der Waals surface area contributed by atoms with Crippen molar-refractivity contribution in [1.82, 2.24) is 0 Å². The molecule has 1 unspecified atom stereocenters. The molecule has 0 radical (unpaired) electrons. The Balaban J connectivity index is 3.23. The van der Waals surface area contributed by atoms with Crippen molar-refractivity contribution in [3.8, 4) is 0 Å². The van der Waals surface area contributed by atoms with Crippen molar-refractivity contribution in [3.05, 3.63) is 28.2 Å². The quantitative estimate of drug-likeness (QED) is 0.904. The Bertz CT molecular complexity index is 441. The maximum Gasteiger partial charge on any atom is 0.336 e. The van der Waals surface area contributed by atoms with E-state index < -0.39 is 16.8 Å². The minimum atomic E-state index is -1.27. The van der Waals surface area contributed by atoms with Gasteiger partial charge < -0.3 is 5.11 Å². The summed E-state index contributed by atoms with van der Waals surface area (Å²) in [5.74, 6) is -1.04. The van der Waals surface area contributed by atoms with Gasteiger partial charge in [0.1, 0.15) is 0 Å². The van der Waals surface area contributed by atoms with Crippen LogP contribution in [0.1, 0.15) is 37.0 Å². The van der Waals surface area contributed by atoms with Crippen molar-refractivity contribution in [2.45, 2.75) is 36.8 Å². The van der Waals surface area contributed by atoms with Crippen LogP contribution in [0.15, 0.2) is 27.6 Å². The van der Waals surface area contributed by atoms with Gasteiger partial charge in [0, 0.05) is 9.72 Å². The lowest BCUT2D eigenvalue weighted by Crippen LogP contribution is -2.16. The topological polar surface area (TPSA) is 54.4 Å². The number of hydrogen-bond donors (Lipinski definition) is 1. The number of halogens is 1. The summed E-state index contributed by atoms with van der Waals surface area (Å²) in [6.07, 6.45) is 1.55. The van der Waals surface area contributed by atoms with E-state index in [0.29, 0.717) is 4.90 Å². The van der Waals surface area contributed by atoms with Crippen molar-refractivity contribution in [1.29, 1.82) is 0 Å². The molecule has 0 aliphatic rings. The molecule has 0 aliphatic heterocycles. The molecule has 0 aliphatic carbocycles. The standard InChI is InChI=1S/C12H15BrO3S/c1-3-9(4-2)17(16)11-7-8(13)5-6-10(11)12(14)15/h5-7,9H,3-4H2,1-2H3,(H,14,15). The summed E-state index contributed by atoms with van der Waals surface area (Å²) in [5, 5.41) is 9.09. The lowest BCUT2D eigenvalue weighted by Gasteiger charge is -2.14. The fraction of sp³-hybridized carbons (Fsp3) is 0.417. The first kappa shape index (κ1) is 14.4. The van der Waals surface area contributed by atoms with Crippen molar-refractivity contribution in [2.24, 2.45) is 0 Å². The minimum Gasteiger partial charge on any atom is -0.478 e. The fourth-order valence-corrected chi connectivity index (χ4v) is 3.70. The molecule has 17 heavy (non-hydrogen) atoms. The predicted octanol–water partition coefficient (Wildman–Crippen LogP) is 3.44. The van der Waals surface area contributed by atoms with Gasteiger partial charge in [0.25, 0.3) is 0 Å². The van der Waals surface area contributed by atoms with Gasteiger partial charge in [-0.3, -0.25) is 4.21 Å². The molecule has 0 fully saturated rings. The van der Waals surface area contributed by atoms with Gasteiger partial charge in [0.15, 0.2) is 0 Å². The lowest BCUT2D eigenvalue weighted by molar-refractivity contribution is 0.0693. The smallest absolute Gasteiger partial charge is 0.336 e. The molecular weight excluding hydrogens is 304 g/mol. The zero-order valence-electron chi connectivity index (χ0n) is 9.77. The van der Waals surface area contributed by atoms with Crippen LogP contribution in [0, 0.1) is 0 Å². The van der Waals surface area contributed by atoms with Crippen molar-refractivity contribution in [2.75, 3.05) is 0 Å². The van der Waals surface area contributed by atoms with E-state index in [1.807, 2.05) is 13.8 Å². The molecule has 0 heterocycles. The van der Waals surface area contributed by atoms with Crippen molar-refractivity contribution < 1.29 is 14.1 Å². The van der Waals surface area contributed by atoms with Gasteiger partial charge in [-0.2, -0.15) is 0 Å². The third-order valence-corrected chi connectivity index (χ3v) is 5.14. The fourth-order valence-electron chi connectivity index (χ4n) is 1.61. The molecule has 0 amide bonds. The van der Waals surface area contributed by atoms with Crippen LogP contribution in [0.3, 0.4) is 0 Å². The molecule has 0 saturated heterocycles. The molecule has 0 bridgehead atoms. The van der Waals surface area contributed by atoms with Gasteiger partial charge in [-0.15, -0.1) is 0 Å². The van der Waals surface area contributed by atoms with Crippen LogP contribution in [0.5, 0.6) is 0 Å². The number of benzene rings is 1. The maximum atomic E-state index is 12.3. The molecular formula is C12H15BrO3S. The minimum absolute atomic E-state index is 0.00222. The maximum absolute atomic E-state index is 12.3. The highest BCUT2D eigenvalue weighted by atomic mass is 79.9. The van der Waals surface area contributed by atoms with Gasteiger partial charge in [-0.05, 0) is 31.0 Å². The van der Waals surface area contributed by atoms with Crippen LogP contribution in [0.4, 0.5) is 0 Å². The second-order valence-electron chi connectivity index (χ2n) is 3.68. The van der Waals surface area contributed by atoms with Crippen LogP contribution in [-0.2, 0) is 10.8 Å². The number of carboxylic acid groups (broad SMARTS) is 1. The van der Waals surface area contributed by atoms with E-state index in [-0.39, 0.29) is 10.8 Å². The Hall–Kier alpha value is -0.680. The SMILES string of the molecule is CCC(CC)S(=O)c1cc(Br)ccc1C(=O)O. The summed E-state index contributed by atoms with van der Waals surface area (Å²) in [6.45, 7) is 3.93. The average Bonchev–Trinajstić information content (AvgIpc) is 2.29. The zero-order chi connectivity index (χ0) is 13.0. The summed E-state index contributed by atoms with van der Waals surface area (Å²) in [7, 11) is -1.27. The van der Waals surface area contributed by atoms with Crippen LogP contribution in [0.25, 0.3) is 0 Å². The van der Waals surface area contributed by atoms with E-state index in [1.165, 1.54) is 6.07 Å². The largest absolute Gasteiger partial charge is 0.478 e. The number of carbonyl (C=O) groups is 1. The molecule has 3 nitrogen and oxygen atoms in total. The monoisotopic (exact) mass is 318 g/mol. The van der Waals surface area contributed by atoms with Crippen LogP contribution >= 0.6 is 15.9 Å². The molecule has 1 aromatic rings. The molecule has 5 heteroatoms. The van der Waals surface area contributed by atoms with Gasteiger partial charge >= 0.3 is 5.97 Å². The summed E-state index contributed by atoms with van der Waals surface area (Å²) in [4.78, 5) is 11.5. The Morgan fingerprint density at radius 1 is 1.41 bits per heavy atom. The molecule has 1 rings (SSSR count). The first-order chi connectivity index (χ1) is 8.01. The summed E-state index contributed by atoms with van der Waals surface area (Å²) in [5.41, 5.74) is 0.124. The van der Waals surface area contributed by atoms with Gasteiger partial charge in [-0.25, -0.2) is 4.79 Å². The highest BCUT2D eigenvalue weighted by molar-refractivity contribution is 9.10. The third kappa shape index (κ3) is 3.39. The van der Waals surface area contributed by atoms with E-state index >= 15 is 0 Å². The molecule has 0 spiro atoms. The van der Waals surface area contributed by atoms with Gasteiger partial charge in [0.2, 0.25) is 0 Å². The Kier molecular flexibility index (Phi) is 5.33. The first-order valence-electron chi connectivity index (χ1n) is 5.44. The highest BCUT2D eigenvalue weighted by Crippen LogP contribution is 2.24. The number of hydrogen-bond acceptors (Lipinski definition) is 2. The molecule has 0 saturated carbocycles. The van der Waals surface area contributed by atoms with Crippen LogP contribution < -0.4 is 0 Å². The van der Waals surface area contributed by atoms with E-state index in [0.717, 1.165) is 17.3 Å². The molecule has 0 aromatic heterocycles. The lowest BCUT2D eigenvalue weighted by atomic mass is 10.2. The summed E-state index contributed by atoms with van der Waals surface area (Å²) in [6, 6.07) is 4.77. The van der Waals surface area contributed by atoms with Gasteiger partial charge in [0.05, 0.1) is 21.3 Å².